The van der Waals surface area contributed by atoms with Gasteiger partial charge in [-0.25, -0.2) is 0 Å². The van der Waals surface area contributed by atoms with Crippen LogP contribution in [0.2, 0.25) is 0 Å². The predicted molar refractivity (Wildman–Crippen MR) is 61.4 cm³/mol. The van der Waals surface area contributed by atoms with Crippen LogP contribution in [0, 0.1) is 17.2 Å². The monoisotopic (exact) mass is 234 g/mol. The van der Waals surface area contributed by atoms with Crippen molar-refractivity contribution in [1.82, 2.24) is 10.2 Å². The number of anilines is 1. The number of nitrogens with zero attached hydrogens (tertiary/aromatic N) is 4. The molecule has 1 aromatic rings. The summed E-state index contributed by atoms with van der Waals surface area (Å²) in [6, 6.07) is 3.59. The first-order chi connectivity index (χ1) is 8.10. The third kappa shape index (κ3) is 3.14. The maximum atomic E-state index is 10.8. The molecule has 90 valence electrons. The maximum Gasteiger partial charge on any atom is 0.308 e. The van der Waals surface area contributed by atoms with Crippen molar-refractivity contribution in [2.45, 2.75) is 13.8 Å². The zero-order valence-electron chi connectivity index (χ0n) is 9.79. The Morgan fingerprint density at radius 1 is 1.71 bits per heavy atom. The van der Waals surface area contributed by atoms with Crippen LogP contribution in [0.5, 0.6) is 0 Å². The van der Waals surface area contributed by atoms with Crippen molar-refractivity contribution in [3.63, 3.8) is 0 Å². The molecule has 17 heavy (non-hydrogen) atoms. The van der Waals surface area contributed by atoms with E-state index < -0.39 is 11.9 Å². The van der Waals surface area contributed by atoms with Gasteiger partial charge in [0.15, 0.2) is 5.82 Å². The first-order valence-corrected chi connectivity index (χ1v) is 5.29. The molecular weight excluding hydrogens is 220 g/mol. The molecule has 0 fully saturated rings. The third-order valence-corrected chi connectivity index (χ3v) is 2.42. The fourth-order valence-electron chi connectivity index (χ4n) is 1.42. The highest BCUT2D eigenvalue weighted by molar-refractivity contribution is 5.70. The van der Waals surface area contributed by atoms with Gasteiger partial charge in [-0.2, -0.15) is 10.4 Å². The van der Waals surface area contributed by atoms with E-state index in [4.69, 9.17) is 10.4 Å². The molecule has 1 heterocycles. The van der Waals surface area contributed by atoms with Crippen molar-refractivity contribution in [3.05, 3.63) is 17.8 Å². The lowest BCUT2D eigenvalue weighted by molar-refractivity contribution is -0.140. The molecular formula is C11H14N4O2. The molecule has 1 rings (SSSR count). The number of aromatic nitrogens is 2. The Hall–Kier alpha value is -2.16. The fraction of sp³-hybridized carbons (Fsp3) is 0.455. The second kappa shape index (κ2) is 5.80. The molecule has 0 saturated heterocycles. The smallest absolute Gasteiger partial charge is 0.308 e. The third-order valence-electron chi connectivity index (χ3n) is 2.42. The van der Waals surface area contributed by atoms with E-state index in [2.05, 4.69) is 10.2 Å². The summed E-state index contributed by atoms with van der Waals surface area (Å²) in [7, 11) is 0. The first-order valence-electron chi connectivity index (χ1n) is 5.29. The van der Waals surface area contributed by atoms with E-state index in [1.807, 2.05) is 13.0 Å². The summed E-state index contributed by atoms with van der Waals surface area (Å²) in [6.45, 7) is 4.38. The number of hydrogen-bond donors (Lipinski definition) is 1. The molecule has 0 radical (unpaired) electrons. The highest BCUT2D eigenvalue weighted by Crippen LogP contribution is 2.16. The van der Waals surface area contributed by atoms with Crippen LogP contribution in [-0.2, 0) is 4.79 Å². The summed E-state index contributed by atoms with van der Waals surface area (Å²) in [5.74, 6) is -0.958. The van der Waals surface area contributed by atoms with Gasteiger partial charge in [0.2, 0.25) is 0 Å². The molecule has 0 aromatic carbocycles. The number of carboxylic acids is 1. The van der Waals surface area contributed by atoms with E-state index in [1.54, 1.807) is 17.9 Å². The van der Waals surface area contributed by atoms with Gasteiger partial charge in [-0.15, -0.1) is 5.10 Å². The Bertz CT molecular complexity index is 441. The van der Waals surface area contributed by atoms with Crippen LogP contribution < -0.4 is 4.90 Å². The highest BCUT2D eigenvalue weighted by Gasteiger charge is 2.18. The molecule has 6 heteroatoms. The van der Waals surface area contributed by atoms with Crippen LogP contribution in [0.25, 0.3) is 0 Å². The maximum absolute atomic E-state index is 10.8. The Kier molecular flexibility index (Phi) is 4.40. The van der Waals surface area contributed by atoms with E-state index in [9.17, 15) is 4.79 Å². The van der Waals surface area contributed by atoms with Crippen LogP contribution in [0.15, 0.2) is 12.3 Å². The Balaban J connectivity index is 2.94. The van der Waals surface area contributed by atoms with Gasteiger partial charge in [0.1, 0.15) is 6.07 Å². The van der Waals surface area contributed by atoms with Gasteiger partial charge < -0.3 is 10.0 Å². The molecule has 1 unspecified atom stereocenters. The number of carboxylic acid groups (broad SMARTS) is 1. The van der Waals surface area contributed by atoms with Crippen molar-refractivity contribution in [1.29, 1.82) is 5.26 Å². The van der Waals surface area contributed by atoms with Gasteiger partial charge >= 0.3 is 5.97 Å². The average molecular weight is 234 g/mol. The summed E-state index contributed by atoms with van der Waals surface area (Å²) in [6.07, 6.45) is 1.44. The highest BCUT2D eigenvalue weighted by atomic mass is 16.4. The van der Waals surface area contributed by atoms with Crippen LogP contribution in [0.4, 0.5) is 5.82 Å². The quantitative estimate of drug-likeness (QED) is 0.813. The van der Waals surface area contributed by atoms with Crippen molar-refractivity contribution in [2.75, 3.05) is 18.0 Å². The zero-order chi connectivity index (χ0) is 12.8. The topological polar surface area (TPSA) is 90.1 Å². The first kappa shape index (κ1) is 12.9. The molecule has 1 N–H and O–H groups in total. The van der Waals surface area contributed by atoms with Gasteiger partial charge in [0.25, 0.3) is 0 Å². The largest absolute Gasteiger partial charge is 0.481 e. The van der Waals surface area contributed by atoms with Crippen molar-refractivity contribution in [3.8, 4) is 6.07 Å². The van der Waals surface area contributed by atoms with Gasteiger partial charge in [0, 0.05) is 13.1 Å². The average Bonchev–Trinajstić information content (AvgIpc) is 2.35. The lowest BCUT2D eigenvalue weighted by Crippen LogP contribution is -2.33. The second-order valence-corrected chi connectivity index (χ2v) is 3.66. The zero-order valence-corrected chi connectivity index (χ0v) is 9.79. The number of aliphatic carboxylic acids is 1. The summed E-state index contributed by atoms with van der Waals surface area (Å²) >= 11 is 0. The predicted octanol–water partition coefficient (Wildman–Crippen LogP) is 0.895. The lowest BCUT2D eigenvalue weighted by atomic mass is 10.1. The van der Waals surface area contributed by atoms with Crippen LogP contribution in [-0.4, -0.2) is 34.4 Å². The number of hydrogen-bond acceptors (Lipinski definition) is 5. The molecule has 0 bridgehead atoms. The molecule has 0 aliphatic rings. The molecule has 0 saturated carbocycles. The minimum Gasteiger partial charge on any atom is -0.481 e. The summed E-state index contributed by atoms with van der Waals surface area (Å²) in [4.78, 5) is 12.5. The van der Waals surface area contributed by atoms with Crippen molar-refractivity contribution >= 4 is 11.8 Å². The van der Waals surface area contributed by atoms with Crippen LogP contribution in [0.1, 0.15) is 19.4 Å². The molecule has 0 spiro atoms. The molecule has 0 aliphatic heterocycles. The van der Waals surface area contributed by atoms with E-state index in [1.165, 1.54) is 6.20 Å². The van der Waals surface area contributed by atoms with Crippen molar-refractivity contribution < 1.29 is 9.90 Å². The summed E-state index contributed by atoms with van der Waals surface area (Å²) in [5.41, 5.74) is 0.402. The second-order valence-electron chi connectivity index (χ2n) is 3.66. The van der Waals surface area contributed by atoms with E-state index in [-0.39, 0.29) is 0 Å². The number of carbonyl (C=O) groups is 1. The van der Waals surface area contributed by atoms with Gasteiger partial charge in [-0.05, 0) is 13.0 Å². The van der Waals surface area contributed by atoms with Crippen LogP contribution in [0.3, 0.4) is 0 Å². The van der Waals surface area contributed by atoms with Crippen LogP contribution >= 0.6 is 0 Å². The Morgan fingerprint density at radius 3 is 2.94 bits per heavy atom. The van der Waals surface area contributed by atoms with E-state index in [0.717, 1.165) is 0 Å². The SMILES string of the molecule is CCN(CC(C)C(=O)O)c1nnccc1C#N. The molecule has 1 aromatic heterocycles. The van der Waals surface area contributed by atoms with E-state index >= 15 is 0 Å². The molecule has 1 atom stereocenters. The number of nitriles is 1. The summed E-state index contributed by atoms with van der Waals surface area (Å²) < 4.78 is 0. The minimum absolute atomic E-state index is 0.305. The Morgan fingerprint density at radius 2 is 2.41 bits per heavy atom. The lowest BCUT2D eigenvalue weighted by Gasteiger charge is -2.23. The number of rotatable bonds is 5. The van der Waals surface area contributed by atoms with Gasteiger partial charge in [-0.3, -0.25) is 4.79 Å². The van der Waals surface area contributed by atoms with Gasteiger partial charge in [0.05, 0.1) is 17.7 Å². The van der Waals surface area contributed by atoms with Gasteiger partial charge in [-0.1, -0.05) is 6.92 Å². The van der Waals surface area contributed by atoms with Crippen molar-refractivity contribution in [2.24, 2.45) is 5.92 Å². The molecule has 0 aliphatic carbocycles. The van der Waals surface area contributed by atoms with E-state index in [0.29, 0.717) is 24.5 Å². The summed E-state index contributed by atoms with van der Waals surface area (Å²) in [5, 5.41) is 25.4. The minimum atomic E-state index is -0.870. The fourth-order valence-corrected chi connectivity index (χ4v) is 1.42. The normalized spacial score (nSPS) is 11.6. The Labute approximate surface area is 99.5 Å². The standard InChI is InChI=1S/C11H14N4O2/c1-3-15(7-8(2)11(16)17)10-9(6-12)4-5-13-14-10/h4-5,8H,3,7H2,1-2H3,(H,16,17). The molecule has 0 amide bonds. The molecule has 6 nitrogen and oxygen atoms in total.